The van der Waals surface area contributed by atoms with Gasteiger partial charge in [0, 0.05) is 31.9 Å². The molecule has 2 heterocycles. The lowest BCUT2D eigenvalue weighted by Crippen LogP contribution is -2.50. The maximum Gasteiger partial charge on any atom is 0.185 e. The zero-order valence-corrected chi connectivity index (χ0v) is 32.6. The fraction of sp³-hybridized carbons (Fsp3) is 0.409. The zero-order chi connectivity index (χ0) is 35.9. The third kappa shape index (κ3) is 4.67. The van der Waals surface area contributed by atoms with Gasteiger partial charge in [-0.3, -0.25) is 9.59 Å². The SMILES string of the molecule is CC(C)(C)C1=CC2(C=C(C(C)(C)C)C1=O)C1=C(c3sc4ccccc4c3C23C=C(C(C)(C)C)C(=O)C(C(C)(C)C)=C3)S(=O)c2ccccc21. The second kappa shape index (κ2) is 10.3. The molecule has 0 amide bonds. The molecule has 2 aromatic carbocycles. The van der Waals surface area contributed by atoms with Gasteiger partial charge in [0.05, 0.1) is 31.4 Å². The fourth-order valence-corrected chi connectivity index (χ4v) is 11.4. The van der Waals surface area contributed by atoms with Crippen LogP contribution in [0.1, 0.15) is 99.1 Å². The average Bonchev–Trinajstić information content (AvgIpc) is 3.51. The molecule has 1 aromatic heterocycles. The molecule has 0 fully saturated rings. The van der Waals surface area contributed by atoms with Crippen LogP contribution in [0.2, 0.25) is 0 Å². The molecule has 0 bridgehead atoms. The summed E-state index contributed by atoms with van der Waals surface area (Å²) in [4.78, 5) is 32.1. The van der Waals surface area contributed by atoms with Crippen LogP contribution < -0.4 is 0 Å². The van der Waals surface area contributed by atoms with E-state index in [-0.39, 0.29) is 11.6 Å². The molecule has 2 spiro atoms. The van der Waals surface area contributed by atoms with E-state index in [4.69, 9.17) is 0 Å². The van der Waals surface area contributed by atoms with E-state index in [0.29, 0.717) is 0 Å². The Kier molecular flexibility index (Phi) is 7.18. The molecule has 49 heavy (non-hydrogen) atoms. The maximum atomic E-state index is 15.0. The van der Waals surface area contributed by atoms with Crippen LogP contribution in [0.3, 0.4) is 0 Å². The van der Waals surface area contributed by atoms with Crippen LogP contribution in [0.15, 0.2) is 100 Å². The van der Waals surface area contributed by atoms with Gasteiger partial charge in [-0.05, 0) is 55.9 Å². The van der Waals surface area contributed by atoms with Gasteiger partial charge in [-0.2, -0.15) is 0 Å². The van der Waals surface area contributed by atoms with E-state index in [1.807, 2.05) is 18.2 Å². The minimum atomic E-state index is -1.45. The van der Waals surface area contributed by atoms with Gasteiger partial charge in [-0.25, -0.2) is 4.21 Å². The van der Waals surface area contributed by atoms with E-state index in [1.54, 1.807) is 11.3 Å². The molecule has 4 aliphatic rings. The summed E-state index contributed by atoms with van der Waals surface area (Å²) in [6.07, 6.45) is 9.00. The van der Waals surface area contributed by atoms with Crippen molar-refractivity contribution in [3.05, 3.63) is 111 Å². The van der Waals surface area contributed by atoms with Crippen molar-refractivity contribution in [3.8, 4) is 0 Å². The van der Waals surface area contributed by atoms with E-state index in [2.05, 4.69) is 138 Å². The van der Waals surface area contributed by atoms with Crippen LogP contribution in [-0.2, 0) is 25.8 Å². The molecule has 7 rings (SSSR count). The molecule has 1 aliphatic heterocycles. The van der Waals surface area contributed by atoms with E-state index in [0.717, 1.165) is 63.8 Å². The van der Waals surface area contributed by atoms with Crippen molar-refractivity contribution in [1.82, 2.24) is 0 Å². The van der Waals surface area contributed by atoms with Gasteiger partial charge in [-0.1, -0.05) is 144 Å². The highest BCUT2D eigenvalue weighted by molar-refractivity contribution is 7.95. The summed E-state index contributed by atoms with van der Waals surface area (Å²) in [5, 5.41) is 1.10. The molecular formula is C44H48O3S2. The van der Waals surface area contributed by atoms with Crippen molar-refractivity contribution in [2.75, 3.05) is 0 Å². The van der Waals surface area contributed by atoms with Crippen LogP contribution in [0, 0.1) is 27.1 Å². The Hall–Kier alpha value is -3.41. The highest BCUT2D eigenvalue weighted by atomic mass is 32.2. The molecule has 3 nitrogen and oxygen atoms in total. The second-order valence-corrected chi connectivity index (χ2v) is 20.8. The molecule has 1 unspecified atom stereocenters. The number of ketones is 2. The molecule has 254 valence electrons. The molecule has 0 N–H and O–H groups in total. The van der Waals surface area contributed by atoms with E-state index in [1.165, 1.54) is 0 Å². The Balaban J connectivity index is 1.84. The summed E-state index contributed by atoms with van der Waals surface area (Å²) >= 11 is 1.69. The van der Waals surface area contributed by atoms with Crippen molar-refractivity contribution in [3.63, 3.8) is 0 Å². The summed E-state index contributed by atoms with van der Waals surface area (Å²) in [6.45, 7) is 25.4. The van der Waals surface area contributed by atoms with Crippen molar-refractivity contribution < 1.29 is 13.8 Å². The number of benzene rings is 2. The number of allylic oxidation sites excluding steroid dienone is 9. The lowest BCUT2D eigenvalue weighted by atomic mass is 9.46. The van der Waals surface area contributed by atoms with E-state index >= 15 is 0 Å². The third-order valence-electron chi connectivity index (χ3n) is 10.8. The number of fused-ring (bicyclic) bond motifs is 9. The number of carbonyl (C=O) groups excluding carboxylic acids is 2. The van der Waals surface area contributed by atoms with Crippen molar-refractivity contribution >= 4 is 54.3 Å². The lowest BCUT2D eigenvalue weighted by molar-refractivity contribution is -0.115. The van der Waals surface area contributed by atoms with Crippen molar-refractivity contribution in [2.24, 2.45) is 27.1 Å². The summed E-state index contributed by atoms with van der Waals surface area (Å²) in [7, 11) is -1.45. The minimum Gasteiger partial charge on any atom is -0.289 e. The van der Waals surface area contributed by atoms with Gasteiger partial charge in [0.25, 0.3) is 0 Å². The van der Waals surface area contributed by atoms with Gasteiger partial charge in [-0.15, -0.1) is 11.3 Å². The van der Waals surface area contributed by atoms with Gasteiger partial charge >= 0.3 is 0 Å². The largest absolute Gasteiger partial charge is 0.289 e. The summed E-state index contributed by atoms with van der Waals surface area (Å²) in [5.74, 6) is 0.132. The van der Waals surface area contributed by atoms with Crippen molar-refractivity contribution in [2.45, 2.75) is 93.4 Å². The maximum absolute atomic E-state index is 15.0. The summed E-state index contributed by atoms with van der Waals surface area (Å²) in [5.41, 5.74) is 2.25. The highest BCUT2D eigenvalue weighted by Gasteiger charge is 2.63. The Morgan fingerprint density at radius 2 is 1.00 bits per heavy atom. The van der Waals surface area contributed by atoms with Gasteiger partial charge in [0.1, 0.15) is 0 Å². The molecule has 1 atom stereocenters. The number of rotatable bonds is 0. The smallest absolute Gasteiger partial charge is 0.185 e. The van der Waals surface area contributed by atoms with Gasteiger partial charge in [0.2, 0.25) is 0 Å². The molecule has 3 aromatic rings. The molecule has 0 radical (unpaired) electrons. The number of Topliss-reactive ketones (excluding diaryl/α,β-unsaturated/α-hetero) is 2. The van der Waals surface area contributed by atoms with E-state index < -0.39 is 43.3 Å². The molecule has 0 saturated heterocycles. The number of thiophene rings is 1. The standard InChI is InChI=1S/C44H48O3S2/c1-39(2,3)27-21-43(22-28(35(27)45)40(4,5)6)33-25-17-13-15-19-31(25)48-37(33)38-34(26-18-14-16-20-32(26)49(38)47)44(43)23-29(41(7,8)9)36(46)30(24-44)42(10,11)12/h13-24H,1-12H3. The van der Waals surface area contributed by atoms with E-state index in [9.17, 15) is 13.8 Å². The number of hydrogen-bond donors (Lipinski definition) is 0. The number of hydrogen-bond acceptors (Lipinski definition) is 4. The number of carbonyl (C=O) groups is 2. The molecule has 5 heteroatoms. The first-order chi connectivity index (χ1) is 22.5. The normalized spacial score (nSPS) is 21.8. The van der Waals surface area contributed by atoms with Crippen LogP contribution in [0.5, 0.6) is 0 Å². The van der Waals surface area contributed by atoms with Crippen LogP contribution in [0.25, 0.3) is 20.6 Å². The first kappa shape index (κ1) is 34.1. The Labute approximate surface area is 298 Å². The Bertz CT molecular complexity index is 2130. The average molecular weight is 689 g/mol. The zero-order valence-electron chi connectivity index (χ0n) is 31.0. The lowest BCUT2D eigenvalue weighted by Gasteiger charge is -2.54. The second-order valence-electron chi connectivity index (χ2n) is 18.4. The van der Waals surface area contributed by atoms with Gasteiger partial charge in [0.15, 0.2) is 11.6 Å². The quantitative estimate of drug-likeness (QED) is 0.236. The molecular weight excluding hydrogens is 641 g/mol. The topological polar surface area (TPSA) is 51.2 Å². The molecule has 0 saturated carbocycles. The highest BCUT2D eigenvalue weighted by Crippen LogP contribution is 2.70. The third-order valence-corrected chi connectivity index (χ3v) is 13.6. The van der Waals surface area contributed by atoms with Gasteiger partial charge < -0.3 is 0 Å². The summed E-state index contributed by atoms with van der Waals surface area (Å²) in [6, 6.07) is 16.6. The first-order valence-corrected chi connectivity index (χ1v) is 19.3. The fourth-order valence-electron chi connectivity index (χ4n) is 8.34. The summed E-state index contributed by atoms with van der Waals surface area (Å²) < 4.78 is 16.1. The predicted octanol–water partition coefficient (Wildman–Crippen LogP) is 11.2. The predicted molar refractivity (Wildman–Crippen MR) is 206 cm³/mol. The monoisotopic (exact) mass is 688 g/mol. The minimum absolute atomic E-state index is 0.0586. The van der Waals surface area contributed by atoms with Crippen LogP contribution in [0.4, 0.5) is 0 Å². The van der Waals surface area contributed by atoms with Crippen LogP contribution in [-0.4, -0.2) is 15.8 Å². The Morgan fingerprint density at radius 1 is 0.571 bits per heavy atom. The molecule has 3 aliphatic carbocycles. The van der Waals surface area contributed by atoms with Crippen LogP contribution >= 0.6 is 11.3 Å². The Morgan fingerprint density at radius 3 is 1.49 bits per heavy atom. The van der Waals surface area contributed by atoms with Crippen molar-refractivity contribution in [1.29, 1.82) is 0 Å². The first-order valence-electron chi connectivity index (χ1n) is 17.4.